The summed E-state index contributed by atoms with van der Waals surface area (Å²) in [6.45, 7) is 4.47. The highest BCUT2D eigenvalue weighted by molar-refractivity contribution is 5.38. The number of azo groups is 1. The van der Waals surface area contributed by atoms with Crippen molar-refractivity contribution in [2.24, 2.45) is 5.11 Å². The first-order chi connectivity index (χ1) is 13.7. The summed E-state index contributed by atoms with van der Waals surface area (Å²) in [5.74, 6) is 0. The van der Waals surface area contributed by atoms with Crippen molar-refractivity contribution in [1.29, 1.82) is 0 Å². The van der Waals surface area contributed by atoms with Gasteiger partial charge in [0.25, 0.3) is 0 Å². The quantitative estimate of drug-likeness (QED) is 0.149. The van der Waals surface area contributed by atoms with E-state index < -0.39 is 0 Å². The van der Waals surface area contributed by atoms with Crippen LogP contribution in [0.4, 0.5) is 11.4 Å². The van der Waals surface area contributed by atoms with Gasteiger partial charge in [-0.05, 0) is 48.9 Å². The maximum atomic E-state index is 12.3. The lowest BCUT2D eigenvalue weighted by molar-refractivity contribution is -0.435. The smallest absolute Gasteiger partial charge is 0.244 e. The Hall–Kier alpha value is -2.16. The molecule has 0 aliphatic carbocycles. The summed E-state index contributed by atoms with van der Waals surface area (Å²) < 4.78 is 0. The molecule has 0 heterocycles. The summed E-state index contributed by atoms with van der Waals surface area (Å²) in [5, 5.41) is 16.5. The van der Waals surface area contributed by atoms with Crippen molar-refractivity contribution in [3.63, 3.8) is 0 Å². The van der Waals surface area contributed by atoms with E-state index in [0.29, 0.717) is 11.4 Å². The number of nitrogens with zero attached hydrogens (tertiary/aromatic N) is 2. The minimum Gasteiger partial charge on any atom is -0.594 e. The summed E-state index contributed by atoms with van der Waals surface area (Å²) >= 11 is 0. The van der Waals surface area contributed by atoms with Crippen LogP contribution in [0.3, 0.4) is 0 Å². The first-order valence-corrected chi connectivity index (χ1v) is 11.1. The topological polar surface area (TPSA) is 38.4 Å². The average molecular weight is 381 g/mol. The van der Waals surface area contributed by atoms with E-state index in [1.165, 1.54) is 68.9 Å². The second-order valence-electron chi connectivity index (χ2n) is 7.68. The summed E-state index contributed by atoms with van der Waals surface area (Å²) in [5.41, 5.74) is 3.89. The van der Waals surface area contributed by atoms with Crippen LogP contribution in [0, 0.1) is 5.21 Å². The Morgan fingerprint density at radius 1 is 0.643 bits per heavy atom. The average Bonchev–Trinajstić information content (AvgIpc) is 2.73. The van der Waals surface area contributed by atoms with Gasteiger partial charge in [-0.1, -0.05) is 87.9 Å². The maximum Gasteiger partial charge on any atom is 0.244 e. The second kappa shape index (κ2) is 13.1. The van der Waals surface area contributed by atoms with Gasteiger partial charge in [0.1, 0.15) is 5.69 Å². The number of benzene rings is 2. The highest BCUT2D eigenvalue weighted by Gasteiger charge is 2.05. The summed E-state index contributed by atoms with van der Waals surface area (Å²) in [4.78, 5) is 0.723. The molecule has 0 saturated heterocycles. The third kappa shape index (κ3) is 8.24. The van der Waals surface area contributed by atoms with E-state index in [1.807, 2.05) is 36.4 Å². The number of aryl methyl sites for hydroxylation is 2. The number of unbranched alkanes of at least 4 members (excludes halogenated alkanes) is 7. The number of rotatable bonds is 13. The largest absolute Gasteiger partial charge is 0.594 e. The molecule has 0 aliphatic rings. The predicted molar refractivity (Wildman–Crippen MR) is 119 cm³/mol. The Kier molecular flexibility index (Phi) is 10.3. The van der Waals surface area contributed by atoms with Crippen LogP contribution in [0.15, 0.2) is 53.6 Å². The van der Waals surface area contributed by atoms with Gasteiger partial charge in [-0.25, -0.2) is 0 Å². The van der Waals surface area contributed by atoms with Crippen LogP contribution in [0.1, 0.15) is 82.8 Å². The molecule has 2 rings (SSSR count). The Balaban J connectivity index is 1.84. The molecule has 0 aromatic heterocycles. The van der Waals surface area contributed by atoms with Crippen LogP contribution in [0.25, 0.3) is 0 Å². The van der Waals surface area contributed by atoms with Crippen molar-refractivity contribution in [3.05, 3.63) is 64.9 Å². The molecule has 28 heavy (non-hydrogen) atoms. The normalized spacial score (nSPS) is 11.7. The summed E-state index contributed by atoms with van der Waals surface area (Å²) in [6, 6.07) is 15.9. The van der Waals surface area contributed by atoms with Gasteiger partial charge in [0.15, 0.2) is 0 Å². The third-order valence-corrected chi connectivity index (χ3v) is 5.19. The van der Waals surface area contributed by atoms with Gasteiger partial charge in [-0.3, -0.25) is 0 Å². The first kappa shape index (κ1) is 22.1. The van der Waals surface area contributed by atoms with Crippen LogP contribution >= 0.6 is 0 Å². The number of hydrogen-bond acceptors (Lipinski definition) is 2. The summed E-state index contributed by atoms with van der Waals surface area (Å²) in [7, 11) is 0. The van der Waals surface area contributed by atoms with E-state index >= 15 is 0 Å². The molecule has 0 atom stereocenters. The van der Waals surface area contributed by atoms with Crippen molar-refractivity contribution in [2.45, 2.75) is 84.5 Å². The Morgan fingerprint density at radius 2 is 1.11 bits per heavy atom. The van der Waals surface area contributed by atoms with E-state index in [4.69, 9.17) is 0 Å². The van der Waals surface area contributed by atoms with Crippen molar-refractivity contribution >= 4 is 11.4 Å². The SMILES string of the molecule is CCCCCCCc1ccc(N=[N+]([O-])c2ccc(CCCCCC)cc2)cc1. The molecule has 0 unspecified atom stereocenters. The zero-order chi connectivity index (χ0) is 20.0. The molecule has 2 aromatic rings. The third-order valence-electron chi connectivity index (χ3n) is 5.19. The van der Waals surface area contributed by atoms with Gasteiger partial charge >= 0.3 is 0 Å². The van der Waals surface area contributed by atoms with Gasteiger partial charge in [0.2, 0.25) is 5.69 Å². The van der Waals surface area contributed by atoms with Crippen LogP contribution in [0.5, 0.6) is 0 Å². The lowest BCUT2D eigenvalue weighted by atomic mass is 10.1. The number of hydrogen-bond donors (Lipinski definition) is 0. The second-order valence-corrected chi connectivity index (χ2v) is 7.68. The minimum absolute atomic E-state index is 0.581. The molecule has 0 bridgehead atoms. The lowest BCUT2D eigenvalue weighted by Crippen LogP contribution is -1.92. The van der Waals surface area contributed by atoms with Gasteiger partial charge in [0, 0.05) is 17.2 Å². The molecule has 2 aromatic carbocycles. The molecule has 0 saturated carbocycles. The van der Waals surface area contributed by atoms with Gasteiger partial charge in [0.05, 0.1) is 0 Å². The van der Waals surface area contributed by atoms with Crippen molar-refractivity contribution in [3.8, 4) is 0 Å². The fourth-order valence-corrected chi connectivity index (χ4v) is 3.37. The molecule has 3 heteroatoms. The van der Waals surface area contributed by atoms with Crippen molar-refractivity contribution in [2.75, 3.05) is 0 Å². The van der Waals surface area contributed by atoms with Crippen LogP contribution in [0.2, 0.25) is 0 Å². The molecule has 3 nitrogen and oxygen atoms in total. The molecule has 0 fully saturated rings. The standard InChI is InChI=1S/C25H36N2O/c1-3-5-7-9-11-13-22-14-18-24(19-15-22)26-27(28)25-20-16-23(17-21-25)12-10-8-6-4-2/h14-21H,3-13H2,1-2H3. The van der Waals surface area contributed by atoms with Crippen molar-refractivity contribution in [1.82, 2.24) is 0 Å². The van der Waals surface area contributed by atoms with Gasteiger partial charge in [-0.15, -0.1) is 0 Å². The van der Waals surface area contributed by atoms with Crippen LogP contribution < -0.4 is 0 Å². The van der Waals surface area contributed by atoms with Crippen LogP contribution in [-0.2, 0) is 12.8 Å². The van der Waals surface area contributed by atoms with E-state index in [9.17, 15) is 5.21 Å². The fourth-order valence-electron chi connectivity index (χ4n) is 3.37. The van der Waals surface area contributed by atoms with Crippen LogP contribution in [-0.4, -0.2) is 4.86 Å². The van der Waals surface area contributed by atoms with Crippen molar-refractivity contribution < 1.29 is 4.86 Å². The minimum atomic E-state index is 0.581. The first-order valence-electron chi connectivity index (χ1n) is 11.1. The molecule has 0 spiro atoms. The molecule has 0 amide bonds. The van der Waals surface area contributed by atoms with E-state index in [2.05, 4.69) is 31.1 Å². The van der Waals surface area contributed by atoms with E-state index in [0.717, 1.165) is 17.7 Å². The molecule has 0 N–H and O–H groups in total. The molecule has 0 aliphatic heterocycles. The highest BCUT2D eigenvalue weighted by Crippen LogP contribution is 2.20. The molecule has 152 valence electrons. The molecular weight excluding hydrogens is 344 g/mol. The highest BCUT2D eigenvalue weighted by atomic mass is 16.5. The Morgan fingerprint density at radius 3 is 1.64 bits per heavy atom. The Bertz CT molecular complexity index is 689. The van der Waals surface area contributed by atoms with E-state index in [-0.39, 0.29) is 0 Å². The van der Waals surface area contributed by atoms with Gasteiger partial charge < -0.3 is 5.21 Å². The zero-order valence-corrected chi connectivity index (χ0v) is 17.7. The fraction of sp³-hybridized carbons (Fsp3) is 0.520. The van der Waals surface area contributed by atoms with E-state index in [1.54, 1.807) is 0 Å². The molecular formula is C25H36N2O. The maximum absolute atomic E-state index is 12.3. The lowest BCUT2D eigenvalue weighted by Gasteiger charge is -2.04. The van der Waals surface area contributed by atoms with Gasteiger partial charge in [-0.2, -0.15) is 0 Å². The molecule has 0 radical (unpaired) electrons. The zero-order valence-electron chi connectivity index (χ0n) is 17.7. The monoisotopic (exact) mass is 380 g/mol. The summed E-state index contributed by atoms with van der Waals surface area (Å²) in [6.07, 6.45) is 13.7. The predicted octanol–water partition coefficient (Wildman–Crippen LogP) is 8.25. The Labute approximate surface area is 171 Å².